The largest absolute Gasteiger partial charge is 0.396 e. The van der Waals surface area contributed by atoms with Crippen molar-refractivity contribution in [3.05, 3.63) is 39.7 Å². The van der Waals surface area contributed by atoms with Crippen LogP contribution in [-0.4, -0.2) is 16.6 Å². The van der Waals surface area contributed by atoms with Gasteiger partial charge in [0.1, 0.15) is 5.82 Å². The fourth-order valence-electron chi connectivity index (χ4n) is 1.84. The molecule has 16 heavy (non-hydrogen) atoms. The summed E-state index contributed by atoms with van der Waals surface area (Å²) in [7, 11) is 0. The predicted octanol–water partition coefficient (Wildman–Crippen LogP) is 2.05. The molecule has 1 N–H and O–H groups in total. The van der Waals surface area contributed by atoms with Gasteiger partial charge in [0.15, 0.2) is 0 Å². The molecule has 1 aromatic rings. The first kappa shape index (κ1) is 11.0. The lowest BCUT2D eigenvalue weighted by Gasteiger charge is -2.12. The molecule has 1 aromatic carbocycles. The van der Waals surface area contributed by atoms with Crippen molar-refractivity contribution in [2.75, 3.05) is 6.61 Å². The molecule has 0 aliphatic heterocycles. The van der Waals surface area contributed by atoms with E-state index >= 15 is 0 Å². The third-order valence-electron chi connectivity index (χ3n) is 3.14. The Hall–Kier alpha value is -1.49. The second-order valence-electron chi connectivity index (χ2n) is 4.33. The summed E-state index contributed by atoms with van der Waals surface area (Å²) < 4.78 is 13.5. The molecule has 86 valence electrons. The Bertz CT molecular complexity index is 429. The lowest BCUT2D eigenvalue weighted by atomic mass is 9.96. The van der Waals surface area contributed by atoms with E-state index in [-0.39, 0.29) is 29.7 Å². The van der Waals surface area contributed by atoms with E-state index in [0.717, 1.165) is 12.8 Å². The van der Waals surface area contributed by atoms with E-state index in [1.165, 1.54) is 18.2 Å². The highest BCUT2D eigenvalue weighted by molar-refractivity contribution is 5.42. The van der Waals surface area contributed by atoms with E-state index in [1.54, 1.807) is 0 Å². The Kier molecular flexibility index (Phi) is 2.63. The van der Waals surface area contributed by atoms with Crippen LogP contribution < -0.4 is 0 Å². The second kappa shape index (κ2) is 3.83. The van der Waals surface area contributed by atoms with Crippen LogP contribution >= 0.6 is 0 Å². The van der Waals surface area contributed by atoms with Crippen LogP contribution in [0.25, 0.3) is 0 Å². The third kappa shape index (κ3) is 1.90. The Morgan fingerprint density at radius 1 is 1.50 bits per heavy atom. The van der Waals surface area contributed by atoms with Gasteiger partial charge in [0, 0.05) is 12.7 Å². The average Bonchev–Trinajstić information content (AvgIpc) is 3.01. The SMILES string of the molecule is O=[N+]([O-])c1cccc(F)c1CC1(CO)CC1. The number of hydrogen-bond acceptors (Lipinski definition) is 3. The highest BCUT2D eigenvalue weighted by Gasteiger charge is 2.43. The average molecular weight is 225 g/mol. The Labute approximate surface area is 91.9 Å². The van der Waals surface area contributed by atoms with Crippen LogP contribution in [0.3, 0.4) is 0 Å². The molecular formula is C11H12FNO3. The van der Waals surface area contributed by atoms with Crippen molar-refractivity contribution < 1.29 is 14.4 Å². The Balaban J connectivity index is 2.35. The van der Waals surface area contributed by atoms with Crippen LogP contribution in [0.1, 0.15) is 18.4 Å². The smallest absolute Gasteiger partial charge is 0.275 e. The third-order valence-corrected chi connectivity index (χ3v) is 3.14. The number of nitro groups is 1. The zero-order valence-corrected chi connectivity index (χ0v) is 8.65. The van der Waals surface area contributed by atoms with Gasteiger partial charge < -0.3 is 5.11 Å². The number of halogens is 1. The van der Waals surface area contributed by atoms with Gasteiger partial charge >= 0.3 is 0 Å². The van der Waals surface area contributed by atoms with Crippen LogP contribution in [0.5, 0.6) is 0 Å². The van der Waals surface area contributed by atoms with Crippen molar-refractivity contribution in [2.24, 2.45) is 5.41 Å². The van der Waals surface area contributed by atoms with Crippen LogP contribution in [-0.2, 0) is 6.42 Å². The molecule has 1 saturated carbocycles. The van der Waals surface area contributed by atoms with Gasteiger partial charge in [-0.05, 0) is 30.7 Å². The molecule has 0 atom stereocenters. The first-order valence-corrected chi connectivity index (χ1v) is 5.11. The van der Waals surface area contributed by atoms with E-state index in [1.807, 2.05) is 0 Å². The minimum Gasteiger partial charge on any atom is -0.396 e. The summed E-state index contributed by atoms with van der Waals surface area (Å²) in [5, 5.41) is 19.9. The van der Waals surface area contributed by atoms with Crippen molar-refractivity contribution >= 4 is 5.69 Å². The highest BCUT2D eigenvalue weighted by Crippen LogP contribution is 2.49. The maximum absolute atomic E-state index is 13.5. The summed E-state index contributed by atoms with van der Waals surface area (Å²) in [6.45, 7) is -0.0432. The van der Waals surface area contributed by atoms with Gasteiger partial charge in [0.05, 0.1) is 10.5 Å². The fourth-order valence-corrected chi connectivity index (χ4v) is 1.84. The number of hydrogen-bond donors (Lipinski definition) is 1. The first-order valence-electron chi connectivity index (χ1n) is 5.11. The fraction of sp³-hybridized carbons (Fsp3) is 0.455. The minimum absolute atomic E-state index is 0.0432. The van der Waals surface area contributed by atoms with Crippen molar-refractivity contribution in [1.82, 2.24) is 0 Å². The molecule has 0 bridgehead atoms. The van der Waals surface area contributed by atoms with Gasteiger partial charge in [-0.25, -0.2) is 4.39 Å². The quantitative estimate of drug-likeness (QED) is 0.630. The van der Waals surface area contributed by atoms with Gasteiger partial charge in [-0.15, -0.1) is 0 Å². The molecule has 0 radical (unpaired) electrons. The molecular weight excluding hydrogens is 213 g/mol. The van der Waals surface area contributed by atoms with Crippen LogP contribution in [0.4, 0.5) is 10.1 Å². The van der Waals surface area contributed by atoms with E-state index < -0.39 is 10.7 Å². The number of nitro benzene ring substituents is 1. The van der Waals surface area contributed by atoms with E-state index in [9.17, 15) is 14.5 Å². The molecule has 1 fully saturated rings. The molecule has 0 saturated heterocycles. The predicted molar refractivity (Wildman–Crippen MR) is 55.5 cm³/mol. The van der Waals surface area contributed by atoms with Crippen molar-refractivity contribution in [3.8, 4) is 0 Å². The van der Waals surface area contributed by atoms with Gasteiger partial charge in [-0.1, -0.05) is 6.07 Å². The van der Waals surface area contributed by atoms with Crippen LogP contribution in [0.2, 0.25) is 0 Å². The minimum atomic E-state index is -0.578. The first-order chi connectivity index (χ1) is 7.58. The summed E-state index contributed by atoms with van der Waals surface area (Å²) in [6, 6.07) is 3.84. The molecule has 0 aromatic heterocycles. The molecule has 4 nitrogen and oxygen atoms in total. The second-order valence-corrected chi connectivity index (χ2v) is 4.33. The maximum Gasteiger partial charge on any atom is 0.275 e. The molecule has 1 aliphatic rings. The van der Waals surface area contributed by atoms with Crippen molar-refractivity contribution in [3.63, 3.8) is 0 Å². The normalized spacial score (nSPS) is 17.1. The topological polar surface area (TPSA) is 63.4 Å². The Morgan fingerprint density at radius 3 is 2.69 bits per heavy atom. The molecule has 0 spiro atoms. The Morgan fingerprint density at radius 2 is 2.19 bits per heavy atom. The van der Waals surface area contributed by atoms with E-state index in [0.29, 0.717) is 0 Å². The van der Waals surface area contributed by atoms with Gasteiger partial charge in [-0.2, -0.15) is 0 Å². The van der Waals surface area contributed by atoms with Gasteiger partial charge in [-0.3, -0.25) is 10.1 Å². The standard InChI is InChI=1S/C11H12FNO3/c12-9-2-1-3-10(13(15)16)8(9)6-11(7-14)4-5-11/h1-3,14H,4-7H2. The lowest BCUT2D eigenvalue weighted by molar-refractivity contribution is -0.385. The zero-order chi connectivity index (χ0) is 11.8. The summed E-state index contributed by atoms with van der Waals surface area (Å²) in [5.74, 6) is -0.561. The number of rotatable bonds is 4. The summed E-state index contributed by atoms with van der Waals surface area (Å²) in [6.07, 6.45) is 1.84. The summed E-state index contributed by atoms with van der Waals surface area (Å²) in [4.78, 5) is 10.2. The number of aliphatic hydroxyl groups is 1. The summed E-state index contributed by atoms with van der Waals surface area (Å²) in [5.41, 5.74) is -0.411. The van der Waals surface area contributed by atoms with Gasteiger partial charge in [0.25, 0.3) is 5.69 Å². The van der Waals surface area contributed by atoms with Crippen LogP contribution in [0, 0.1) is 21.3 Å². The van der Waals surface area contributed by atoms with Crippen molar-refractivity contribution in [1.29, 1.82) is 0 Å². The lowest BCUT2D eigenvalue weighted by Crippen LogP contribution is -2.12. The molecule has 0 amide bonds. The number of aliphatic hydroxyl groups excluding tert-OH is 1. The highest BCUT2D eigenvalue weighted by atomic mass is 19.1. The van der Waals surface area contributed by atoms with Crippen molar-refractivity contribution in [2.45, 2.75) is 19.3 Å². The zero-order valence-electron chi connectivity index (χ0n) is 8.65. The van der Waals surface area contributed by atoms with E-state index in [4.69, 9.17) is 5.11 Å². The molecule has 5 heteroatoms. The summed E-state index contributed by atoms with van der Waals surface area (Å²) >= 11 is 0. The monoisotopic (exact) mass is 225 g/mol. The molecule has 1 aliphatic carbocycles. The van der Waals surface area contributed by atoms with Crippen LogP contribution in [0.15, 0.2) is 18.2 Å². The maximum atomic E-state index is 13.5. The molecule has 0 unspecified atom stereocenters. The molecule has 0 heterocycles. The number of benzene rings is 1. The van der Waals surface area contributed by atoms with E-state index in [2.05, 4.69) is 0 Å². The molecule has 2 rings (SSSR count). The van der Waals surface area contributed by atoms with Gasteiger partial charge in [0.2, 0.25) is 0 Å². The number of nitrogens with zero attached hydrogens (tertiary/aromatic N) is 1.